The highest BCUT2D eigenvalue weighted by atomic mass is 79.9. The third kappa shape index (κ3) is 6.63. The van der Waals surface area contributed by atoms with Crippen LogP contribution in [0.3, 0.4) is 0 Å². The first-order valence-corrected chi connectivity index (χ1v) is 16.3. The van der Waals surface area contributed by atoms with Crippen LogP contribution in [-0.4, -0.2) is 12.1 Å². The monoisotopic (exact) mass is 654 g/mol. The summed E-state index contributed by atoms with van der Waals surface area (Å²) >= 11 is 5.15. The summed E-state index contributed by atoms with van der Waals surface area (Å²) in [5.74, 6) is 1.92. The summed E-state index contributed by atoms with van der Waals surface area (Å²) in [5, 5.41) is 5.97. The zero-order valence-electron chi connectivity index (χ0n) is 24.7. The van der Waals surface area contributed by atoms with Gasteiger partial charge >= 0.3 is 0 Å². The second-order valence-electron chi connectivity index (χ2n) is 12.1. The maximum Gasteiger partial charge on any atom is 0.255 e. The molecule has 2 heterocycles. The maximum absolute atomic E-state index is 13.7. The number of aliphatic imine (C=N–C) groups is 1. The largest absolute Gasteiger partial charge is 0.488 e. The highest BCUT2D eigenvalue weighted by Crippen LogP contribution is 2.45. The molecule has 0 saturated carbocycles. The molecule has 0 bridgehead atoms. The van der Waals surface area contributed by atoms with Gasteiger partial charge in [-0.3, -0.25) is 4.79 Å². The quantitative estimate of drug-likeness (QED) is 0.169. The average molecular weight is 656 g/mol. The van der Waals surface area contributed by atoms with Gasteiger partial charge in [-0.1, -0.05) is 79.2 Å². The van der Waals surface area contributed by atoms with Crippen LogP contribution in [0.4, 0.5) is 5.00 Å². The van der Waals surface area contributed by atoms with Gasteiger partial charge in [-0.15, -0.1) is 11.3 Å². The summed E-state index contributed by atoms with van der Waals surface area (Å²) in [4.78, 5) is 20.0. The second kappa shape index (κ2) is 12.5. The third-order valence-corrected chi connectivity index (χ3v) is 9.94. The Kier molecular flexibility index (Phi) is 8.55. The molecule has 0 unspecified atom stereocenters. The Morgan fingerprint density at radius 1 is 1.09 bits per heavy atom. The first kappa shape index (κ1) is 29.4. The number of thiophene rings is 1. The number of ether oxygens (including phenoxy) is 1. The lowest BCUT2D eigenvalue weighted by Crippen LogP contribution is -2.28. The number of hydrogen-bond donors (Lipinski definition) is 1. The molecular weight excluding hydrogens is 620 g/mol. The van der Waals surface area contributed by atoms with Crippen molar-refractivity contribution in [3.8, 4) is 5.75 Å². The van der Waals surface area contributed by atoms with Gasteiger partial charge in [-0.05, 0) is 82.8 Å². The number of carbonyl (C=O) groups excluding carboxylic acids is 1. The number of nitrogens with zero attached hydrogens (tertiary/aromatic N) is 1. The van der Waals surface area contributed by atoms with Crippen LogP contribution in [0, 0.1) is 11.3 Å². The first-order valence-electron chi connectivity index (χ1n) is 14.6. The zero-order valence-corrected chi connectivity index (χ0v) is 27.1. The predicted molar refractivity (Wildman–Crippen MR) is 179 cm³/mol. The molecule has 2 aromatic heterocycles. The molecule has 43 heavy (non-hydrogen) atoms. The summed E-state index contributed by atoms with van der Waals surface area (Å²) in [6.45, 7) is 7.70. The second-order valence-corrected chi connectivity index (χ2v) is 14.1. The van der Waals surface area contributed by atoms with Gasteiger partial charge in [0.2, 0.25) is 0 Å². The minimum Gasteiger partial charge on any atom is -0.488 e. The lowest BCUT2D eigenvalue weighted by molar-refractivity contribution is 0.0947. The molecule has 0 spiro atoms. The van der Waals surface area contributed by atoms with Gasteiger partial charge < -0.3 is 14.5 Å². The van der Waals surface area contributed by atoms with Gasteiger partial charge in [0.05, 0.1) is 18.4 Å². The van der Waals surface area contributed by atoms with Crippen LogP contribution in [0.1, 0.15) is 64.9 Å². The molecule has 1 atom stereocenters. The fraction of sp³-hybridized carbons (Fsp3) is 0.278. The predicted octanol–water partition coefficient (Wildman–Crippen LogP) is 9.67. The van der Waals surface area contributed by atoms with Gasteiger partial charge in [-0.2, -0.15) is 0 Å². The summed E-state index contributed by atoms with van der Waals surface area (Å²) in [7, 11) is 0. The van der Waals surface area contributed by atoms with E-state index in [9.17, 15) is 4.79 Å². The lowest BCUT2D eigenvalue weighted by Gasteiger charge is -2.33. The zero-order chi connectivity index (χ0) is 30.0. The molecule has 3 aromatic carbocycles. The van der Waals surface area contributed by atoms with E-state index in [1.165, 1.54) is 4.88 Å². The number of hydrogen-bond acceptors (Lipinski definition) is 5. The van der Waals surface area contributed by atoms with Crippen LogP contribution in [0.2, 0.25) is 0 Å². The molecule has 0 fully saturated rings. The number of fused-ring (bicyclic) bond motifs is 2. The van der Waals surface area contributed by atoms with Gasteiger partial charge in [0, 0.05) is 21.1 Å². The number of halogens is 1. The molecule has 1 N–H and O–H groups in total. The fourth-order valence-electron chi connectivity index (χ4n) is 5.70. The Bertz CT molecular complexity index is 1770. The number of amides is 1. The molecule has 0 radical (unpaired) electrons. The number of nitrogens with one attached hydrogen (secondary N) is 1. The molecule has 0 aliphatic heterocycles. The van der Waals surface area contributed by atoms with Crippen molar-refractivity contribution >= 4 is 55.2 Å². The van der Waals surface area contributed by atoms with Crippen LogP contribution in [0.15, 0.2) is 92.9 Å². The summed E-state index contributed by atoms with van der Waals surface area (Å²) < 4.78 is 12.8. The molecule has 5 aromatic rings. The van der Waals surface area contributed by atoms with E-state index in [0.29, 0.717) is 24.6 Å². The van der Waals surface area contributed by atoms with E-state index in [2.05, 4.69) is 60.2 Å². The Morgan fingerprint density at radius 2 is 1.91 bits per heavy atom. The Balaban J connectivity index is 1.36. The minimum atomic E-state index is -0.111. The Labute approximate surface area is 265 Å². The van der Waals surface area contributed by atoms with Crippen molar-refractivity contribution in [3.05, 3.63) is 116 Å². The van der Waals surface area contributed by atoms with E-state index >= 15 is 0 Å². The van der Waals surface area contributed by atoms with Crippen molar-refractivity contribution in [2.45, 2.75) is 53.2 Å². The minimum absolute atomic E-state index is 0.111. The van der Waals surface area contributed by atoms with Crippen LogP contribution in [0.25, 0.3) is 10.8 Å². The van der Waals surface area contributed by atoms with Gasteiger partial charge in [0.15, 0.2) is 0 Å². The number of rotatable bonds is 8. The summed E-state index contributed by atoms with van der Waals surface area (Å²) in [6.07, 6.45) is 6.40. The lowest BCUT2D eigenvalue weighted by atomic mass is 9.72. The van der Waals surface area contributed by atoms with Crippen LogP contribution < -0.4 is 10.1 Å². The highest BCUT2D eigenvalue weighted by Gasteiger charge is 2.33. The smallest absolute Gasteiger partial charge is 0.255 e. The molecule has 1 amide bonds. The van der Waals surface area contributed by atoms with Crippen molar-refractivity contribution in [1.29, 1.82) is 0 Å². The standard InChI is InChI=1S/C36H35BrN2O3S/c1-36(2,3)25-13-16-29-32(19-25)43-35(33(29)34(40)38-20-27-8-6-18-41-27)39-21-30-28-9-5-4-7-24(28)12-17-31(30)42-22-23-10-14-26(37)15-11-23/h4-12,14-15,17-18,21,25H,13,16,19-20,22H2,1-3H3,(H,38,40)/t25-/m0/s1. The number of furan rings is 1. The molecule has 5 nitrogen and oxygen atoms in total. The van der Waals surface area contributed by atoms with Crippen LogP contribution >= 0.6 is 27.3 Å². The van der Waals surface area contributed by atoms with E-state index in [1.807, 2.05) is 60.8 Å². The topological polar surface area (TPSA) is 63.8 Å². The van der Waals surface area contributed by atoms with Crippen molar-refractivity contribution in [2.24, 2.45) is 16.3 Å². The van der Waals surface area contributed by atoms with Gasteiger partial charge in [-0.25, -0.2) is 4.99 Å². The number of benzene rings is 3. The van der Waals surface area contributed by atoms with Crippen LogP contribution in [0.5, 0.6) is 5.75 Å². The van der Waals surface area contributed by atoms with Crippen molar-refractivity contribution in [1.82, 2.24) is 5.32 Å². The summed E-state index contributed by atoms with van der Waals surface area (Å²) in [5.41, 5.74) is 4.01. The first-order chi connectivity index (χ1) is 20.8. The SMILES string of the molecule is CC(C)(C)[C@H]1CCc2c(sc(N=Cc3c(OCc4ccc(Br)cc4)ccc4ccccc34)c2C(=O)NCc2ccco2)C1. The van der Waals surface area contributed by atoms with Gasteiger partial charge in [0.25, 0.3) is 5.91 Å². The van der Waals surface area contributed by atoms with E-state index in [4.69, 9.17) is 14.1 Å². The molecule has 1 aliphatic rings. The van der Waals surface area contributed by atoms with Crippen LogP contribution in [-0.2, 0) is 26.0 Å². The van der Waals surface area contributed by atoms with Crippen molar-refractivity contribution < 1.29 is 13.9 Å². The molecule has 7 heteroatoms. The molecular formula is C36H35BrN2O3S. The van der Waals surface area contributed by atoms with Gasteiger partial charge in [0.1, 0.15) is 23.1 Å². The van der Waals surface area contributed by atoms with E-state index in [-0.39, 0.29) is 11.3 Å². The van der Waals surface area contributed by atoms with Crippen molar-refractivity contribution in [2.75, 3.05) is 0 Å². The van der Waals surface area contributed by atoms with E-state index < -0.39 is 0 Å². The normalized spacial score (nSPS) is 15.1. The molecule has 220 valence electrons. The number of carbonyl (C=O) groups is 1. The maximum atomic E-state index is 13.7. The van der Waals surface area contributed by atoms with E-state index in [0.717, 1.165) is 67.7 Å². The average Bonchev–Trinajstić information content (AvgIpc) is 3.65. The molecule has 6 rings (SSSR count). The Morgan fingerprint density at radius 3 is 2.67 bits per heavy atom. The Hall–Kier alpha value is -3.68. The third-order valence-electron chi connectivity index (χ3n) is 8.25. The van der Waals surface area contributed by atoms with Crippen molar-refractivity contribution in [3.63, 3.8) is 0 Å². The molecule has 0 saturated heterocycles. The highest BCUT2D eigenvalue weighted by molar-refractivity contribution is 9.10. The fourth-order valence-corrected chi connectivity index (χ4v) is 7.24. The van der Waals surface area contributed by atoms with E-state index in [1.54, 1.807) is 17.6 Å². The summed E-state index contributed by atoms with van der Waals surface area (Å²) in [6, 6.07) is 24.2. The molecule has 1 aliphatic carbocycles.